The number of nitrogens with one attached hydrogen (secondary N) is 1. The van der Waals surface area contributed by atoms with Gasteiger partial charge in [-0.2, -0.15) is 0 Å². The number of hydrogen-bond acceptors (Lipinski definition) is 5. The van der Waals surface area contributed by atoms with Gasteiger partial charge in [-0.05, 0) is 24.3 Å². The molecule has 0 unspecified atom stereocenters. The van der Waals surface area contributed by atoms with Crippen LogP contribution in [0, 0.1) is 5.82 Å². The Hall–Kier alpha value is -2.19. The smallest absolute Gasteiger partial charge is 0.261 e. The molecule has 0 atom stereocenters. The minimum absolute atomic E-state index is 0.0919. The number of benzene rings is 1. The van der Waals surface area contributed by atoms with Crippen molar-refractivity contribution in [3.8, 4) is 5.88 Å². The van der Waals surface area contributed by atoms with Gasteiger partial charge in [-0.15, -0.1) is 0 Å². The van der Waals surface area contributed by atoms with Gasteiger partial charge in [-0.25, -0.2) is 17.8 Å². The van der Waals surface area contributed by atoms with Crippen LogP contribution in [0.5, 0.6) is 5.88 Å². The molecule has 2 N–H and O–H groups in total. The first kappa shape index (κ1) is 15.2. The van der Waals surface area contributed by atoms with E-state index in [-0.39, 0.29) is 16.1 Å². The molecule has 0 saturated heterocycles. The number of rotatable bonds is 5. The summed E-state index contributed by atoms with van der Waals surface area (Å²) in [5.74, 6) is -0.315. The van der Waals surface area contributed by atoms with Crippen molar-refractivity contribution in [2.24, 2.45) is 0 Å². The summed E-state index contributed by atoms with van der Waals surface area (Å²) in [4.78, 5) is 3.72. The molecular weight excluding hydrogens is 299 g/mol. The molecule has 2 aromatic rings. The van der Waals surface area contributed by atoms with Gasteiger partial charge < -0.3 is 9.84 Å². The van der Waals surface area contributed by atoms with Crippen LogP contribution < -0.4 is 9.46 Å². The predicted octanol–water partition coefficient (Wildman–Crippen LogP) is 1.52. The van der Waals surface area contributed by atoms with Gasteiger partial charge in [0, 0.05) is 11.6 Å². The Morgan fingerprint density at radius 1 is 1.33 bits per heavy atom. The lowest BCUT2D eigenvalue weighted by molar-refractivity contribution is 0.275. The molecule has 0 fully saturated rings. The second kappa shape index (κ2) is 6.06. The number of aliphatic hydroxyl groups excluding tert-OH is 1. The van der Waals surface area contributed by atoms with Gasteiger partial charge in [-0.1, -0.05) is 0 Å². The molecular formula is C13H13FN2O4S. The number of ether oxygens (including phenoxy) is 1. The van der Waals surface area contributed by atoms with E-state index in [1.807, 2.05) is 0 Å². The molecule has 0 spiro atoms. The fourth-order valence-electron chi connectivity index (χ4n) is 1.61. The summed E-state index contributed by atoms with van der Waals surface area (Å²) >= 11 is 0. The lowest BCUT2D eigenvalue weighted by Gasteiger charge is -2.09. The van der Waals surface area contributed by atoms with E-state index in [1.54, 1.807) is 0 Å². The average molecular weight is 312 g/mol. The van der Waals surface area contributed by atoms with E-state index in [4.69, 9.17) is 9.84 Å². The van der Waals surface area contributed by atoms with E-state index in [0.29, 0.717) is 5.88 Å². The number of aromatic nitrogens is 1. The maximum atomic E-state index is 13.3. The van der Waals surface area contributed by atoms with Crippen LogP contribution >= 0.6 is 0 Å². The van der Waals surface area contributed by atoms with Crippen LogP contribution in [-0.2, 0) is 16.6 Å². The lowest BCUT2D eigenvalue weighted by atomic mass is 10.2. The maximum absolute atomic E-state index is 13.3. The van der Waals surface area contributed by atoms with Crippen molar-refractivity contribution in [1.29, 1.82) is 0 Å². The number of nitrogens with zero attached hydrogens (tertiary/aromatic N) is 1. The highest BCUT2D eigenvalue weighted by atomic mass is 32.2. The molecule has 0 aliphatic carbocycles. The van der Waals surface area contributed by atoms with Gasteiger partial charge in [0.2, 0.25) is 5.88 Å². The summed E-state index contributed by atoms with van der Waals surface area (Å²) in [5, 5.41) is 8.98. The molecule has 8 heteroatoms. The zero-order valence-electron chi connectivity index (χ0n) is 11.1. The molecule has 1 heterocycles. The third-order valence-electron chi connectivity index (χ3n) is 2.70. The van der Waals surface area contributed by atoms with Gasteiger partial charge in [0.15, 0.2) is 0 Å². The van der Waals surface area contributed by atoms with E-state index in [0.717, 1.165) is 18.2 Å². The predicted molar refractivity (Wildman–Crippen MR) is 73.9 cm³/mol. The summed E-state index contributed by atoms with van der Waals surface area (Å²) in [5.41, 5.74) is 0.149. The fourth-order valence-corrected chi connectivity index (χ4v) is 2.71. The molecule has 0 saturated carbocycles. The third kappa shape index (κ3) is 3.47. The second-order valence-corrected chi connectivity index (χ2v) is 5.79. The van der Waals surface area contributed by atoms with Crippen molar-refractivity contribution in [3.63, 3.8) is 0 Å². The van der Waals surface area contributed by atoms with Crippen LogP contribution in [0.2, 0.25) is 0 Å². The van der Waals surface area contributed by atoms with Crippen molar-refractivity contribution < 1.29 is 22.7 Å². The van der Waals surface area contributed by atoms with Gasteiger partial charge in [-0.3, -0.25) is 4.72 Å². The Kier molecular flexibility index (Phi) is 4.39. The largest absolute Gasteiger partial charge is 0.481 e. The van der Waals surface area contributed by atoms with Crippen molar-refractivity contribution >= 4 is 15.7 Å². The van der Waals surface area contributed by atoms with E-state index >= 15 is 0 Å². The number of halogens is 1. The normalized spacial score (nSPS) is 11.2. The molecule has 0 aliphatic heterocycles. The monoisotopic (exact) mass is 312 g/mol. The summed E-state index contributed by atoms with van der Waals surface area (Å²) in [6.45, 7) is -0.584. The molecule has 21 heavy (non-hydrogen) atoms. The average Bonchev–Trinajstić information content (AvgIpc) is 2.48. The SMILES string of the molecule is COc1ccc(NS(=O)(=O)c2ccc(F)c(CO)c2)cn1. The van der Waals surface area contributed by atoms with E-state index in [9.17, 15) is 12.8 Å². The zero-order chi connectivity index (χ0) is 15.5. The lowest BCUT2D eigenvalue weighted by Crippen LogP contribution is -2.13. The Balaban J connectivity index is 2.29. The minimum Gasteiger partial charge on any atom is -0.481 e. The van der Waals surface area contributed by atoms with E-state index < -0.39 is 22.4 Å². The number of methoxy groups -OCH3 is 1. The highest BCUT2D eigenvalue weighted by Crippen LogP contribution is 2.19. The first-order valence-corrected chi connectivity index (χ1v) is 7.37. The zero-order valence-corrected chi connectivity index (χ0v) is 11.9. The van der Waals surface area contributed by atoms with Gasteiger partial charge >= 0.3 is 0 Å². The molecule has 1 aromatic carbocycles. The minimum atomic E-state index is -3.89. The highest BCUT2D eigenvalue weighted by molar-refractivity contribution is 7.92. The first-order valence-electron chi connectivity index (χ1n) is 5.88. The topological polar surface area (TPSA) is 88.5 Å². The number of anilines is 1. The summed E-state index contributed by atoms with van der Waals surface area (Å²) in [6.07, 6.45) is 1.30. The Bertz CT molecular complexity index is 732. The Morgan fingerprint density at radius 2 is 2.10 bits per heavy atom. The van der Waals surface area contributed by atoms with Crippen LogP contribution in [0.3, 0.4) is 0 Å². The molecule has 0 bridgehead atoms. The van der Waals surface area contributed by atoms with Crippen LogP contribution in [0.25, 0.3) is 0 Å². The molecule has 0 amide bonds. The summed E-state index contributed by atoms with van der Waals surface area (Å²) in [7, 11) is -2.45. The van der Waals surface area contributed by atoms with Crippen LogP contribution in [-0.4, -0.2) is 25.6 Å². The van der Waals surface area contributed by atoms with Crippen LogP contribution in [0.15, 0.2) is 41.4 Å². The number of sulfonamides is 1. The van der Waals surface area contributed by atoms with Crippen LogP contribution in [0.4, 0.5) is 10.1 Å². The van der Waals surface area contributed by atoms with Gasteiger partial charge in [0.1, 0.15) is 5.82 Å². The summed E-state index contributed by atoms with van der Waals surface area (Å²) in [6, 6.07) is 6.18. The molecule has 112 valence electrons. The number of pyridine rings is 1. The molecule has 1 aromatic heterocycles. The van der Waals surface area contributed by atoms with Crippen LogP contribution in [0.1, 0.15) is 5.56 Å². The quantitative estimate of drug-likeness (QED) is 0.874. The summed E-state index contributed by atoms with van der Waals surface area (Å²) < 4.78 is 44.8. The van der Waals surface area contributed by atoms with Crippen molar-refractivity contribution in [1.82, 2.24) is 4.98 Å². The second-order valence-electron chi connectivity index (χ2n) is 4.11. The van der Waals surface area contributed by atoms with Crippen molar-refractivity contribution in [2.45, 2.75) is 11.5 Å². The third-order valence-corrected chi connectivity index (χ3v) is 4.07. The molecule has 0 aliphatic rings. The molecule has 0 radical (unpaired) electrons. The van der Waals surface area contributed by atoms with Crippen molar-refractivity contribution in [3.05, 3.63) is 47.9 Å². The van der Waals surface area contributed by atoms with Gasteiger partial charge in [0.05, 0.1) is 30.5 Å². The highest BCUT2D eigenvalue weighted by Gasteiger charge is 2.16. The standard InChI is InChI=1S/C13H13FN2O4S/c1-20-13-5-2-10(7-15-13)16-21(18,19)11-3-4-12(14)9(6-11)8-17/h2-7,16-17H,8H2,1H3. The fraction of sp³-hybridized carbons (Fsp3) is 0.154. The number of hydrogen-bond donors (Lipinski definition) is 2. The Labute approximate surface area is 121 Å². The molecule has 6 nitrogen and oxygen atoms in total. The molecule has 2 rings (SSSR count). The Morgan fingerprint density at radius 3 is 2.67 bits per heavy atom. The van der Waals surface area contributed by atoms with E-state index in [1.165, 1.54) is 25.4 Å². The number of aliphatic hydroxyl groups is 1. The first-order chi connectivity index (χ1) is 9.96. The maximum Gasteiger partial charge on any atom is 0.261 e. The van der Waals surface area contributed by atoms with Crippen molar-refractivity contribution in [2.75, 3.05) is 11.8 Å². The van der Waals surface area contributed by atoms with E-state index in [2.05, 4.69) is 9.71 Å². The van der Waals surface area contributed by atoms with Gasteiger partial charge in [0.25, 0.3) is 10.0 Å².